The topological polar surface area (TPSA) is 55.5 Å². The van der Waals surface area contributed by atoms with E-state index in [4.69, 9.17) is 10.5 Å². The number of hydrogen-bond acceptors (Lipinski definition) is 3. The molecule has 1 aromatic rings. The second-order valence-electron chi connectivity index (χ2n) is 4.98. The third kappa shape index (κ3) is 1.85. The Bertz CT molecular complexity index is 418. The van der Waals surface area contributed by atoms with E-state index in [2.05, 4.69) is 0 Å². The first-order valence-electron chi connectivity index (χ1n) is 6.35. The van der Waals surface area contributed by atoms with Gasteiger partial charge in [-0.2, -0.15) is 0 Å². The highest BCUT2D eigenvalue weighted by molar-refractivity contribution is 5.28. The minimum absolute atomic E-state index is 0.283. The van der Waals surface area contributed by atoms with Crippen LogP contribution < -0.4 is 5.73 Å². The quantitative estimate of drug-likeness (QED) is 0.860. The summed E-state index contributed by atoms with van der Waals surface area (Å²) in [7, 11) is 0. The lowest BCUT2D eigenvalue weighted by Gasteiger charge is -2.43. The summed E-state index contributed by atoms with van der Waals surface area (Å²) < 4.78 is 19.4. The average Bonchev–Trinajstić information content (AvgIpc) is 2.88. The maximum Gasteiger partial charge on any atom is 0.129 e. The summed E-state index contributed by atoms with van der Waals surface area (Å²) in [4.78, 5) is 0. The lowest BCUT2D eigenvalue weighted by Crippen LogP contribution is -2.51. The Morgan fingerprint density at radius 3 is 2.72 bits per heavy atom. The summed E-state index contributed by atoms with van der Waals surface area (Å²) in [6, 6.07) is 6.36. The minimum atomic E-state index is -1.27. The molecule has 1 aliphatic rings. The Morgan fingerprint density at radius 2 is 2.22 bits per heavy atom. The molecule has 0 aromatic heterocycles. The Morgan fingerprint density at radius 1 is 1.50 bits per heavy atom. The number of benzene rings is 1. The summed E-state index contributed by atoms with van der Waals surface area (Å²) >= 11 is 0. The van der Waals surface area contributed by atoms with Gasteiger partial charge in [0.15, 0.2) is 0 Å². The van der Waals surface area contributed by atoms with Crippen LogP contribution in [0.2, 0.25) is 0 Å². The van der Waals surface area contributed by atoms with Gasteiger partial charge >= 0.3 is 0 Å². The molecule has 0 saturated carbocycles. The fourth-order valence-electron chi connectivity index (χ4n) is 2.91. The van der Waals surface area contributed by atoms with Gasteiger partial charge in [-0.05, 0) is 18.9 Å². The molecule has 1 aliphatic heterocycles. The average molecular weight is 253 g/mol. The van der Waals surface area contributed by atoms with Crippen LogP contribution in [-0.4, -0.2) is 24.9 Å². The third-order valence-corrected chi connectivity index (χ3v) is 4.20. The van der Waals surface area contributed by atoms with Crippen molar-refractivity contribution < 1.29 is 14.2 Å². The molecule has 2 atom stereocenters. The van der Waals surface area contributed by atoms with Crippen molar-refractivity contribution in [1.29, 1.82) is 0 Å². The van der Waals surface area contributed by atoms with Crippen LogP contribution in [-0.2, 0) is 10.3 Å². The van der Waals surface area contributed by atoms with Gasteiger partial charge in [0, 0.05) is 24.1 Å². The van der Waals surface area contributed by atoms with Crippen molar-refractivity contribution >= 4 is 0 Å². The Kier molecular flexibility index (Phi) is 3.71. The van der Waals surface area contributed by atoms with Crippen LogP contribution in [0.25, 0.3) is 0 Å². The molecule has 1 saturated heterocycles. The number of rotatable bonds is 4. The zero-order valence-corrected chi connectivity index (χ0v) is 10.7. The highest BCUT2D eigenvalue weighted by Gasteiger charge is 2.52. The summed E-state index contributed by atoms with van der Waals surface area (Å²) in [6.07, 6.45) is 1.07. The van der Waals surface area contributed by atoms with Crippen LogP contribution in [0, 0.1) is 11.2 Å². The molecule has 18 heavy (non-hydrogen) atoms. The van der Waals surface area contributed by atoms with Gasteiger partial charge in [-0.15, -0.1) is 0 Å². The molecule has 2 rings (SSSR count). The first-order chi connectivity index (χ1) is 8.59. The standard InChI is InChI=1S/C14H20FNO2/c1-2-14(17,11-5-3-4-6-12(11)15)13(9-16)7-8-18-10-13/h3-6,17H,2,7-10,16H2,1H3. The van der Waals surface area contributed by atoms with Crippen molar-refractivity contribution in [1.82, 2.24) is 0 Å². The van der Waals surface area contributed by atoms with Crippen LogP contribution >= 0.6 is 0 Å². The second-order valence-corrected chi connectivity index (χ2v) is 4.98. The molecule has 0 radical (unpaired) electrons. The zero-order chi connectivity index (χ0) is 13.2. The van der Waals surface area contributed by atoms with Gasteiger partial charge in [-0.25, -0.2) is 4.39 Å². The normalized spacial score (nSPS) is 27.1. The van der Waals surface area contributed by atoms with Gasteiger partial charge < -0.3 is 15.6 Å². The smallest absolute Gasteiger partial charge is 0.129 e. The Labute approximate surface area is 107 Å². The molecule has 0 bridgehead atoms. The predicted molar refractivity (Wildman–Crippen MR) is 67.5 cm³/mol. The highest BCUT2D eigenvalue weighted by atomic mass is 19.1. The first-order valence-corrected chi connectivity index (χ1v) is 6.35. The summed E-state index contributed by atoms with van der Waals surface area (Å²) in [5.74, 6) is -0.387. The van der Waals surface area contributed by atoms with Gasteiger partial charge in [-0.1, -0.05) is 25.1 Å². The molecule has 1 aromatic carbocycles. The molecular formula is C14H20FNO2. The second kappa shape index (κ2) is 4.96. The molecule has 0 aliphatic carbocycles. The molecule has 1 fully saturated rings. The number of ether oxygens (including phenoxy) is 1. The summed E-state index contributed by atoms with van der Waals surface area (Å²) in [5, 5.41) is 11.0. The van der Waals surface area contributed by atoms with Crippen molar-refractivity contribution in [2.75, 3.05) is 19.8 Å². The highest BCUT2D eigenvalue weighted by Crippen LogP contribution is 2.47. The molecule has 1 heterocycles. The molecule has 3 N–H and O–H groups in total. The van der Waals surface area contributed by atoms with Gasteiger partial charge in [0.25, 0.3) is 0 Å². The van der Waals surface area contributed by atoms with E-state index in [-0.39, 0.29) is 12.4 Å². The number of nitrogens with two attached hydrogens (primary N) is 1. The van der Waals surface area contributed by atoms with E-state index >= 15 is 0 Å². The van der Waals surface area contributed by atoms with Gasteiger partial charge in [0.2, 0.25) is 0 Å². The SMILES string of the molecule is CCC(O)(c1ccccc1F)C1(CN)CCOC1. The van der Waals surface area contributed by atoms with E-state index < -0.39 is 11.0 Å². The van der Waals surface area contributed by atoms with Gasteiger partial charge in [-0.3, -0.25) is 0 Å². The van der Waals surface area contributed by atoms with E-state index in [9.17, 15) is 9.50 Å². The summed E-state index contributed by atoms with van der Waals surface area (Å²) in [6.45, 7) is 3.07. The van der Waals surface area contributed by atoms with Crippen LogP contribution in [0.5, 0.6) is 0 Å². The van der Waals surface area contributed by atoms with Crippen molar-refractivity contribution in [3.63, 3.8) is 0 Å². The van der Waals surface area contributed by atoms with Crippen molar-refractivity contribution in [3.8, 4) is 0 Å². The monoisotopic (exact) mass is 253 g/mol. The molecule has 3 nitrogen and oxygen atoms in total. The maximum absolute atomic E-state index is 14.0. The molecule has 4 heteroatoms. The molecule has 0 spiro atoms. The van der Waals surface area contributed by atoms with E-state index in [0.717, 1.165) is 0 Å². The zero-order valence-electron chi connectivity index (χ0n) is 10.7. The van der Waals surface area contributed by atoms with Crippen LogP contribution in [0.1, 0.15) is 25.3 Å². The molecular weight excluding hydrogens is 233 g/mol. The van der Waals surface area contributed by atoms with Crippen molar-refractivity contribution in [2.24, 2.45) is 11.1 Å². The first kappa shape index (κ1) is 13.5. The van der Waals surface area contributed by atoms with E-state index in [1.807, 2.05) is 6.92 Å². The van der Waals surface area contributed by atoms with E-state index in [1.165, 1.54) is 6.07 Å². The van der Waals surface area contributed by atoms with Crippen molar-refractivity contribution in [2.45, 2.75) is 25.4 Å². The Balaban J connectivity index is 2.51. The molecule has 100 valence electrons. The fourth-order valence-corrected chi connectivity index (χ4v) is 2.91. The largest absolute Gasteiger partial charge is 0.384 e. The van der Waals surface area contributed by atoms with Crippen molar-refractivity contribution in [3.05, 3.63) is 35.6 Å². The fraction of sp³-hybridized carbons (Fsp3) is 0.571. The van der Waals surface area contributed by atoms with Gasteiger partial charge in [0.05, 0.1) is 6.61 Å². The lowest BCUT2D eigenvalue weighted by atomic mass is 9.66. The molecule has 0 amide bonds. The van der Waals surface area contributed by atoms with Crippen LogP contribution in [0.15, 0.2) is 24.3 Å². The van der Waals surface area contributed by atoms with Crippen LogP contribution in [0.3, 0.4) is 0 Å². The lowest BCUT2D eigenvalue weighted by molar-refractivity contribution is -0.0949. The molecule has 2 unspecified atom stereocenters. The number of hydrogen-bond donors (Lipinski definition) is 2. The maximum atomic E-state index is 14.0. The number of aliphatic hydroxyl groups is 1. The van der Waals surface area contributed by atoms with Crippen LogP contribution in [0.4, 0.5) is 4.39 Å². The van der Waals surface area contributed by atoms with E-state index in [0.29, 0.717) is 31.6 Å². The van der Waals surface area contributed by atoms with Gasteiger partial charge in [0.1, 0.15) is 11.4 Å². The number of halogens is 1. The summed E-state index contributed by atoms with van der Waals surface area (Å²) in [5.41, 5.74) is 4.31. The minimum Gasteiger partial charge on any atom is -0.384 e. The third-order valence-electron chi connectivity index (χ3n) is 4.20. The Hall–Kier alpha value is -0.970. The van der Waals surface area contributed by atoms with E-state index in [1.54, 1.807) is 18.2 Å². The predicted octanol–water partition coefficient (Wildman–Crippen LogP) is 1.79.